The van der Waals surface area contributed by atoms with Crippen LogP contribution in [0.2, 0.25) is 0 Å². The Balaban J connectivity index is 2.90. The number of carbonyl (C=O) groups is 4. The van der Waals surface area contributed by atoms with Crippen molar-refractivity contribution in [3.8, 4) is 0 Å². The molecule has 0 saturated heterocycles. The van der Waals surface area contributed by atoms with Crippen molar-refractivity contribution >= 4 is 30.0 Å². The van der Waals surface area contributed by atoms with E-state index in [9.17, 15) is 19.2 Å². The second kappa shape index (κ2) is 16.2. The Bertz CT molecular complexity index is 878. The van der Waals surface area contributed by atoms with E-state index in [0.29, 0.717) is 38.1 Å². The highest BCUT2D eigenvalue weighted by Gasteiger charge is 2.31. The van der Waals surface area contributed by atoms with Crippen molar-refractivity contribution in [3.63, 3.8) is 0 Å². The molecule has 0 aliphatic carbocycles. The molecule has 8 N–H and O–H groups in total. The number of hydrogen-bond donors (Lipinski definition) is 6. The fourth-order valence-electron chi connectivity index (χ4n) is 3.35. The van der Waals surface area contributed by atoms with Crippen LogP contribution in [-0.4, -0.2) is 67.7 Å². The van der Waals surface area contributed by atoms with Gasteiger partial charge >= 0.3 is 0 Å². The zero-order valence-corrected chi connectivity index (χ0v) is 21.3. The van der Waals surface area contributed by atoms with E-state index in [-0.39, 0.29) is 12.3 Å². The minimum absolute atomic E-state index is 0.196. The molecular formula is C25H40N7O4-. The molecule has 0 aliphatic rings. The lowest BCUT2D eigenvalue weighted by molar-refractivity contribution is -0.133. The maximum absolute atomic E-state index is 13.3. The molecule has 0 aromatic heterocycles. The summed E-state index contributed by atoms with van der Waals surface area (Å²) in [6.45, 7) is 7.78. The van der Waals surface area contributed by atoms with Gasteiger partial charge in [-0.15, -0.1) is 0 Å². The van der Waals surface area contributed by atoms with Gasteiger partial charge in [0.2, 0.25) is 17.7 Å². The fraction of sp³-hybridized carbons (Fsp3) is 0.520. The topological polar surface area (TPSA) is 181 Å². The third kappa shape index (κ3) is 10.9. The summed E-state index contributed by atoms with van der Waals surface area (Å²) < 4.78 is 0. The number of nitrogens with two attached hydrogens (primary N) is 2. The second-order valence-electron chi connectivity index (χ2n) is 8.66. The van der Waals surface area contributed by atoms with Crippen molar-refractivity contribution in [1.82, 2.24) is 21.3 Å². The molecule has 0 saturated carbocycles. The first-order valence-corrected chi connectivity index (χ1v) is 12.1. The smallest absolute Gasteiger partial charge is 0.243 e. The quantitative estimate of drug-likeness (QED) is 0.0609. The summed E-state index contributed by atoms with van der Waals surface area (Å²) in [7, 11) is 1.56. The van der Waals surface area contributed by atoms with Gasteiger partial charge in [-0.25, -0.2) is 0 Å². The van der Waals surface area contributed by atoms with Gasteiger partial charge in [-0.2, -0.15) is 0 Å². The summed E-state index contributed by atoms with van der Waals surface area (Å²) in [6.07, 6.45) is 2.26. The highest BCUT2D eigenvalue weighted by atomic mass is 16.2. The molecule has 0 aliphatic heterocycles. The molecule has 0 bridgehead atoms. The van der Waals surface area contributed by atoms with Crippen LogP contribution in [0.15, 0.2) is 35.3 Å². The predicted octanol–water partition coefficient (Wildman–Crippen LogP) is -0.596. The average Bonchev–Trinajstić information content (AvgIpc) is 2.88. The van der Waals surface area contributed by atoms with E-state index in [4.69, 9.17) is 11.5 Å². The van der Waals surface area contributed by atoms with E-state index in [1.54, 1.807) is 7.05 Å². The molecule has 5 atom stereocenters. The van der Waals surface area contributed by atoms with Crippen LogP contribution in [-0.2, 0) is 25.6 Å². The lowest BCUT2D eigenvalue weighted by Gasteiger charge is -2.28. The van der Waals surface area contributed by atoms with E-state index in [1.807, 2.05) is 44.2 Å². The van der Waals surface area contributed by atoms with Gasteiger partial charge in [0.25, 0.3) is 0 Å². The molecule has 1 aromatic carbocycles. The van der Waals surface area contributed by atoms with Crippen molar-refractivity contribution in [2.45, 2.75) is 63.7 Å². The van der Waals surface area contributed by atoms with Crippen LogP contribution in [0.1, 0.15) is 38.7 Å². The Kier molecular flexibility index (Phi) is 13.8. The number of rotatable bonds is 15. The summed E-state index contributed by atoms with van der Waals surface area (Å²) in [4.78, 5) is 53.6. The fourth-order valence-corrected chi connectivity index (χ4v) is 3.35. The third-order valence-electron chi connectivity index (χ3n) is 5.78. The van der Waals surface area contributed by atoms with E-state index in [2.05, 4.69) is 33.2 Å². The van der Waals surface area contributed by atoms with Crippen LogP contribution < -0.4 is 32.7 Å². The van der Waals surface area contributed by atoms with Crippen LogP contribution in [0.3, 0.4) is 0 Å². The molecule has 0 radical (unpaired) electrons. The van der Waals surface area contributed by atoms with Gasteiger partial charge in [0.05, 0.1) is 6.04 Å². The van der Waals surface area contributed by atoms with Gasteiger partial charge in [0, 0.05) is 20.0 Å². The summed E-state index contributed by atoms with van der Waals surface area (Å²) in [5.41, 5.74) is 12.4. The standard InChI is InChI=1S/C25H40N7O4/c1-5-16(2)21(32-22(34)19(26)12-9-13-29-25(27)28-4)24(36)31-20(23(35)30-17(3)15-33)14-18-10-7-6-8-11-18/h6-8,10-11,15-17,19-21H,3,5,9,12-14,26H2,1-2,4H3,(H,30,35)(H,31,36)(H,32,34)(H3,27,28,29)/q-1/t16-,17-,19-,20-,21-/m0/s1. The van der Waals surface area contributed by atoms with Gasteiger partial charge in [-0.1, -0.05) is 50.6 Å². The Hall–Kier alpha value is -3.47. The Labute approximate surface area is 213 Å². The number of benzene rings is 1. The van der Waals surface area contributed by atoms with Crippen molar-refractivity contribution in [1.29, 1.82) is 0 Å². The molecule has 0 fully saturated rings. The predicted molar refractivity (Wildman–Crippen MR) is 140 cm³/mol. The van der Waals surface area contributed by atoms with E-state index >= 15 is 0 Å². The first-order valence-electron chi connectivity index (χ1n) is 12.1. The Morgan fingerprint density at radius 3 is 2.33 bits per heavy atom. The van der Waals surface area contributed by atoms with Crippen LogP contribution >= 0.6 is 0 Å². The monoisotopic (exact) mass is 502 g/mol. The number of amides is 3. The zero-order chi connectivity index (χ0) is 27.1. The van der Waals surface area contributed by atoms with E-state index in [0.717, 1.165) is 5.56 Å². The Morgan fingerprint density at radius 2 is 1.75 bits per heavy atom. The summed E-state index contributed by atoms with van der Waals surface area (Å²) >= 11 is 0. The van der Waals surface area contributed by atoms with Crippen molar-refractivity contribution in [3.05, 3.63) is 42.8 Å². The van der Waals surface area contributed by atoms with Crippen LogP contribution in [0.4, 0.5) is 0 Å². The average molecular weight is 503 g/mol. The molecular weight excluding hydrogens is 462 g/mol. The van der Waals surface area contributed by atoms with Gasteiger partial charge in [0.15, 0.2) is 5.96 Å². The Morgan fingerprint density at radius 1 is 1.08 bits per heavy atom. The summed E-state index contributed by atoms with van der Waals surface area (Å²) in [5, 5.41) is 10.9. The molecule has 200 valence electrons. The molecule has 0 heterocycles. The second-order valence-corrected chi connectivity index (χ2v) is 8.66. The minimum Gasteiger partial charge on any atom is -0.375 e. The molecule has 11 heteroatoms. The zero-order valence-electron chi connectivity index (χ0n) is 21.3. The van der Waals surface area contributed by atoms with Crippen molar-refractivity contribution in [2.75, 3.05) is 13.6 Å². The maximum atomic E-state index is 13.3. The van der Waals surface area contributed by atoms with Crippen molar-refractivity contribution < 1.29 is 19.2 Å². The molecule has 1 aromatic rings. The summed E-state index contributed by atoms with van der Waals surface area (Å²) in [6, 6.07) is 5.49. The number of aldehydes is 1. The van der Waals surface area contributed by atoms with Crippen molar-refractivity contribution in [2.24, 2.45) is 22.4 Å². The lowest BCUT2D eigenvalue weighted by atomic mass is 9.96. The minimum atomic E-state index is -0.974. The van der Waals surface area contributed by atoms with Gasteiger partial charge < -0.3 is 44.5 Å². The van der Waals surface area contributed by atoms with Crippen LogP contribution in [0.5, 0.6) is 0 Å². The van der Waals surface area contributed by atoms with Crippen LogP contribution in [0.25, 0.3) is 0 Å². The summed E-state index contributed by atoms with van der Waals surface area (Å²) in [5.74, 6) is -1.45. The molecule has 0 unspecified atom stereocenters. The van der Waals surface area contributed by atoms with E-state index < -0.39 is 41.9 Å². The molecule has 3 amide bonds. The molecule has 11 nitrogen and oxygen atoms in total. The van der Waals surface area contributed by atoms with Gasteiger partial charge in [0.1, 0.15) is 18.4 Å². The molecule has 36 heavy (non-hydrogen) atoms. The number of guanidine groups is 1. The molecule has 0 spiro atoms. The highest BCUT2D eigenvalue weighted by molar-refractivity contribution is 5.94. The first-order chi connectivity index (χ1) is 17.1. The highest BCUT2D eigenvalue weighted by Crippen LogP contribution is 2.11. The van der Waals surface area contributed by atoms with E-state index in [1.165, 1.54) is 0 Å². The normalized spacial score (nSPS) is 15.5. The number of nitrogens with zero attached hydrogens (tertiary/aromatic N) is 1. The van der Waals surface area contributed by atoms with Gasteiger partial charge in [-0.05, 0) is 30.4 Å². The molecule has 1 rings (SSSR count). The lowest BCUT2D eigenvalue weighted by Crippen LogP contribution is -2.58. The number of hydrogen-bond acceptors (Lipinski definition) is 6. The van der Waals surface area contributed by atoms with Crippen LogP contribution in [0, 0.1) is 12.8 Å². The SMILES string of the molecule is [CH2-][C@@H](C=O)NC(=O)[C@H](Cc1ccccc1)NC(=O)[C@@H](NC(=O)[C@@H](N)CCCNC(N)=NC)[C@@H](C)CC. The number of nitrogens with one attached hydrogen (secondary N) is 4. The number of carbonyl (C=O) groups excluding carboxylic acids is 4. The van der Waals surface area contributed by atoms with Gasteiger partial charge in [-0.3, -0.25) is 19.4 Å². The number of aliphatic imine (C=N–C) groups is 1. The first kappa shape index (κ1) is 30.6. The third-order valence-corrected chi connectivity index (χ3v) is 5.78. The maximum Gasteiger partial charge on any atom is 0.243 e. The largest absolute Gasteiger partial charge is 0.375 e.